The number of carbonyl (C=O) groups is 5. The molecule has 5 amide bonds. The van der Waals surface area contributed by atoms with Crippen molar-refractivity contribution in [3.8, 4) is 6.07 Å². The first-order valence-electron chi connectivity index (χ1n) is 18.5. The van der Waals surface area contributed by atoms with E-state index in [9.17, 15) is 37.1 Å². The van der Waals surface area contributed by atoms with Gasteiger partial charge in [0.1, 0.15) is 11.6 Å². The average molecular weight is 757 g/mol. The summed E-state index contributed by atoms with van der Waals surface area (Å²) in [5.41, 5.74) is -0.495. The molecule has 3 aromatic rings. The number of nitriles is 1. The van der Waals surface area contributed by atoms with E-state index in [2.05, 4.69) is 25.5 Å². The maximum Gasteiger partial charge on any atom is 0.417 e. The molecular weight excluding hydrogens is 717 g/mol. The zero-order valence-corrected chi connectivity index (χ0v) is 30.2. The second-order valence-corrected chi connectivity index (χ2v) is 15.7. The molecule has 1 aliphatic carbocycles. The topological polar surface area (TPSA) is 161 Å². The van der Waals surface area contributed by atoms with Gasteiger partial charge in [0, 0.05) is 43.1 Å². The van der Waals surface area contributed by atoms with E-state index in [4.69, 9.17) is 5.26 Å². The molecule has 3 atom stereocenters. The summed E-state index contributed by atoms with van der Waals surface area (Å²) in [6, 6.07) is 9.35. The highest BCUT2D eigenvalue weighted by Crippen LogP contribution is 2.46. The predicted molar refractivity (Wildman–Crippen MR) is 191 cm³/mol. The standard InChI is InChI=1S/C39H39F3N8O5/c1-38(2,37(55)45-26-4-3-22(16-43)30(14-26)39(40,41)42)49-20-25(17-44-49)21-9-11-47(12-10-21)33-23-13-24(33)19-48(18-23)27-5-6-28-29(15-27)36(54)50(35(28)53)31-7-8-32(51)46-34(31)52/h3-6,14-15,17,20-21,23-24,31,33H,7-13,18-19H2,1-2H3,(H,45,55)(H,46,51,52). The number of imide groups is 2. The van der Waals surface area contributed by atoms with E-state index in [1.54, 1.807) is 32.2 Å². The van der Waals surface area contributed by atoms with Crippen LogP contribution in [0.25, 0.3) is 0 Å². The minimum Gasteiger partial charge on any atom is -0.371 e. The van der Waals surface area contributed by atoms with Gasteiger partial charge in [-0.1, -0.05) is 0 Å². The van der Waals surface area contributed by atoms with E-state index in [0.29, 0.717) is 17.9 Å². The first-order valence-corrected chi connectivity index (χ1v) is 18.5. The third-order valence-electron chi connectivity index (χ3n) is 12.1. The van der Waals surface area contributed by atoms with Crippen LogP contribution in [-0.2, 0) is 26.1 Å². The molecule has 3 unspecified atom stereocenters. The lowest BCUT2D eigenvalue weighted by Gasteiger charge is -2.59. The lowest BCUT2D eigenvalue weighted by Crippen LogP contribution is -2.65. The van der Waals surface area contributed by atoms with Crippen molar-refractivity contribution in [1.82, 2.24) is 24.9 Å². The Morgan fingerprint density at radius 1 is 0.964 bits per heavy atom. The van der Waals surface area contributed by atoms with Gasteiger partial charge in [0.05, 0.1) is 34.5 Å². The molecule has 286 valence electrons. The number of piperidine rings is 4. The fourth-order valence-electron chi connectivity index (χ4n) is 9.05. The maximum atomic E-state index is 13.5. The van der Waals surface area contributed by atoms with Crippen LogP contribution in [0.1, 0.15) is 89.3 Å². The normalized spacial score (nSPS) is 24.7. The molecule has 6 aliphatic rings. The van der Waals surface area contributed by atoms with E-state index in [0.717, 1.165) is 73.7 Å². The van der Waals surface area contributed by atoms with Crippen molar-refractivity contribution >= 4 is 40.9 Å². The number of rotatable bonds is 7. The first kappa shape index (κ1) is 36.4. The lowest BCUT2D eigenvalue weighted by atomic mass is 9.64. The van der Waals surface area contributed by atoms with Crippen molar-refractivity contribution in [2.75, 3.05) is 36.4 Å². The third kappa shape index (κ3) is 6.33. The molecule has 4 saturated heterocycles. The van der Waals surface area contributed by atoms with Gasteiger partial charge < -0.3 is 10.2 Å². The van der Waals surface area contributed by atoms with Crippen molar-refractivity contribution < 1.29 is 37.1 Å². The van der Waals surface area contributed by atoms with Crippen LogP contribution in [-0.4, -0.2) is 87.4 Å². The van der Waals surface area contributed by atoms with E-state index in [1.165, 1.54) is 16.8 Å². The molecule has 55 heavy (non-hydrogen) atoms. The van der Waals surface area contributed by atoms with Gasteiger partial charge in [0.2, 0.25) is 11.8 Å². The number of halogens is 3. The highest BCUT2D eigenvalue weighted by Gasteiger charge is 2.51. The number of nitrogens with one attached hydrogen (secondary N) is 2. The number of nitrogens with zero attached hydrogens (tertiary/aromatic N) is 6. The lowest BCUT2D eigenvalue weighted by molar-refractivity contribution is -0.138. The molecule has 0 radical (unpaired) electrons. The molecule has 13 nitrogen and oxygen atoms in total. The molecule has 5 aliphatic heterocycles. The zero-order chi connectivity index (χ0) is 39.0. The molecule has 6 heterocycles. The summed E-state index contributed by atoms with van der Waals surface area (Å²) in [4.78, 5) is 69.8. The van der Waals surface area contributed by atoms with Gasteiger partial charge in [-0.25, -0.2) is 0 Å². The van der Waals surface area contributed by atoms with Crippen LogP contribution in [0.2, 0.25) is 0 Å². The Kier molecular flexibility index (Phi) is 8.83. The number of hydrogen-bond donors (Lipinski definition) is 2. The summed E-state index contributed by atoms with van der Waals surface area (Å²) < 4.78 is 42.0. The molecule has 1 saturated carbocycles. The highest BCUT2D eigenvalue weighted by atomic mass is 19.4. The zero-order valence-electron chi connectivity index (χ0n) is 30.2. The Morgan fingerprint density at radius 3 is 2.35 bits per heavy atom. The van der Waals surface area contributed by atoms with Crippen LogP contribution in [0, 0.1) is 23.2 Å². The Hall–Kier alpha value is -5.56. The van der Waals surface area contributed by atoms with Crippen LogP contribution >= 0.6 is 0 Å². The van der Waals surface area contributed by atoms with Crippen LogP contribution < -0.4 is 15.5 Å². The fraction of sp³-hybridized carbons (Fsp3) is 0.462. The molecule has 9 rings (SSSR count). The van der Waals surface area contributed by atoms with Gasteiger partial charge in [-0.15, -0.1) is 0 Å². The number of aromatic nitrogens is 2. The van der Waals surface area contributed by atoms with Gasteiger partial charge in [0.15, 0.2) is 0 Å². The second kappa shape index (κ2) is 13.3. The van der Waals surface area contributed by atoms with E-state index in [1.807, 2.05) is 12.3 Å². The average Bonchev–Trinajstić information content (AvgIpc) is 3.75. The van der Waals surface area contributed by atoms with Crippen molar-refractivity contribution in [3.05, 3.63) is 76.6 Å². The van der Waals surface area contributed by atoms with Crippen LogP contribution in [0.15, 0.2) is 48.8 Å². The van der Waals surface area contributed by atoms with Crippen molar-refractivity contribution in [1.29, 1.82) is 5.26 Å². The Labute approximate surface area is 314 Å². The third-order valence-corrected chi connectivity index (χ3v) is 12.1. The second-order valence-electron chi connectivity index (χ2n) is 15.7. The summed E-state index contributed by atoms with van der Waals surface area (Å²) >= 11 is 0. The van der Waals surface area contributed by atoms with Crippen LogP contribution in [0.3, 0.4) is 0 Å². The Morgan fingerprint density at radius 2 is 1.67 bits per heavy atom. The molecule has 0 spiro atoms. The molecule has 2 aromatic carbocycles. The highest BCUT2D eigenvalue weighted by molar-refractivity contribution is 6.23. The number of carbonyl (C=O) groups excluding carboxylic acids is 5. The van der Waals surface area contributed by atoms with Crippen molar-refractivity contribution in [3.63, 3.8) is 0 Å². The number of fused-ring (bicyclic) bond motifs is 3. The number of anilines is 2. The fourth-order valence-corrected chi connectivity index (χ4v) is 9.05. The van der Waals surface area contributed by atoms with Crippen LogP contribution in [0.5, 0.6) is 0 Å². The van der Waals surface area contributed by atoms with E-state index >= 15 is 0 Å². The summed E-state index contributed by atoms with van der Waals surface area (Å²) in [5, 5.41) is 18.3. The number of likely N-dealkylation sites (tertiary alicyclic amines) is 1. The van der Waals surface area contributed by atoms with Gasteiger partial charge in [-0.2, -0.15) is 23.5 Å². The predicted octanol–water partition coefficient (Wildman–Crippen LogP) is 4.25. The Balaban J connectivity index is 0.862. The van der Waals surface area contributed by atoms with Gasteiger partial charge in [0.25, 0.3) is 17.7 Å². The summed E-state index contributed by atoms with van der Waals surface area (Å²) in [6.45, 7) is 6.74. The van der Waals surface area contributed by atoms with Gasteiger partial charge in [-0.05, 0) is 112 Å². The monoisotopic (exact) mass is 756 g/mol. The number of hydrogen-bond acceptors (Lipinski definition) is 9. The quantitative estimate of drug-likeness (QED) is 0.336. The minimum atomic E-state index is -4.74. The number of benzene rings is 2. The van der Waals surface area contributed by atoms with Gasteiger partial charge >= 0.3 is 6.18 Å². The largest absolute Gasteiger partial charge is 0.417 e. The summed E-state index contributed by atoms with van der Waals surface area (Å²) in [5.74, 6) is -1.48. The number of alkyl halides is 3. The maximum absolute atomic E-state index is 13.5. The van der Waals surface area contributed by atoms with E-state index < -0.39 is 58.4 Å². The van der Waals surface area contributed by atoms with Crippen LogP contribution in [0.4, 0.5) is 24.5 Å². The minimum absolute atomic E-state index is 0.0646. The molecule has 2 bridgehead atoms. The summed E-state index contributed by atoms with van der Waals surface area (Å²) in [6.07, 6.45) is 1.98. The molecule has 5 fully saturated rings. The summed E-state index contributed by atoms with van der Waals surface area (Å²) in [7, 11) is 0. The molecule has 16 heteroatoms. The van der Waals surface area contributed by atoms with Gasteiger partial charge in [-0.3, -0.25) is 43.8 Å². The molecular formula is C39H39F3N8O5. The van der Waals surface area contributed by atoms with Crippen molar-refractivity contribution in [2.24, 2.45) is 11.8 Å². The molecule has 2 N–H and O–H groups in total. The van der Waals surface area contributed by atoms with E-state index in [-0.39, 0.29) is 35.6 Å². The molecule has 1 aromatic heterocycles. The SMILES string of the molecule is CC(C)(C(=O)Nc1ccc(C#N)c(C(F)(F)F)c1)n1cc(C2CCN(C3C4CC3CN(c3ccc5c(c3)C(=O)N(C3CCC(=O)NC3=O)C5=O)C4)CC2)cn1. The first-order chi connectivity index (χ1) is 26.1. The van der Waals surface area contributed by atoms with Crippen molar-refractivity contribution in [2.45, 2.75) is 75.7 Å². The Bertz CT molecular complexity index is 2160. The number of amides is 5. The smallest absolute Gasteiger partial charge is 0.371 e.